The number of aromatic nitrogens is 1. The summed E-state index contributed by atoms with van der Waals surface area (Å²) in [4.78, 5) is 31.9. The number of pyridine rings is 1. The van der Waals surface area contributed by atoms with Gasteiger partial charge >= 0.3 is 0 Å². The smallest absolute Gasteiger partial charge is 0.251 e. The number of hydrogen-bond acceptors (Lipinski definition) is 5. The molecule has 7 heteroatoms. The molecule has 126 valence electrons. The van der Waals surface area contributed by atoms with Crippen LogP contribution in [0.5, 0.6) is 0 Å². The van der Waals surface area contributed by atoms with Gasteiger partial charge in [-0.25, -0.2) is 4.98 Å². The van der Waals surface area contributed by atoms with Crippen LogP contribution in [-0.4, -0.2) is 68.5 Å². The quantitative estimate of drug-likeness (QED) is 0.804. The Morgan fingerprint density at radius 3 is 2.65 bits per heavy atom. The lowest BCUT2D eigenvalue weighted by Crippen LogP contribution is -2.47. The first-order valence-corrected chi connectivity index (χ1v) is 7.86. The van der Waals surface area contributed by atoms with E-state index in [1.807, 2.05) is 19.0 Å². The molecule has 0 radical (unpaired) electrons. The topological polar surface area (TPSA) is 77.6 Å². The number of amides is 2. The van der Waals surface area contributed by atoms with E-state index < -0.39 is 0 Å². The average molecular weight is 319 g/mol. The van der Waals surface area contributed by atoms with Crippen LogP contribution in [0.4, 0.5) is 5.82 Å². The van der Waals surface area contributed by atoms with Gasteiger partial charge in [0, 0.05) is 52.0 Å². The molecule has 0 atom stereocenters. The Kier molecular flexibility index (Phi) is 5.92. The molecule has 2 N–H and O–H groups in total. The van der Waals surface area contributed by atoms with Crippen LogP contribution in [-0.2, 0) is 4.79 Å². The zero-order chi connectivity index (χ0) is 16.8. The molecule has 23 heavy (non-hydrogen) atoms. The molecule has 0 saturated carbocycles. The number of anilines is 1. The van der Waals surface area contributed by atoms with Gasteiger partial charge in [-0.05, 0) is 25.0 Å². The number of nitrogens with one attached hydrogen (secondary N) is 2. The molecule has 7 nitrogen and oxygen atoms in total. The van der Waals surface area contributed by atoms with Crippen molar-refractivity contribution in [1.82, 2.24) is 20.5 Å². The molecular weight excluding hydrogens is 294 g/mol. The van der Waals surface area contributed by atoms with Crippen molar-refractivity contribution in [3.8, 4) is 0 Å². The predicted octanol–water partition coefficient (Wildman–Crippen LogP) is 0.0878. The maximum Gasteiger partial charge on any atom is 0.251 e. The van der Waals surface area contributed by atoms with Crippen molar-refractivity contribution in [3.63, 3.8) is 0 Å². The number of likely N-dealkylation sites (tertiary alicyclic amines) is 1. The normalized spacial score (nSPS) is 16.0. The summed E-state index contributed by atoms with van der Waals surface area (Å²) in [7, 11) is 5.43. The first kappa shape index (κ1) is 17.2. The fraction of sp³-hybridized carbons (Fsp3) is 0.562. The molecule has 1 aliphatic rings. The zero-order valence-electron chi connectivity index (χ0n) is 14.0. The van der Waals surface area contributed by atoms with Crippen molar-refractivity contribution in [2.24, 2.45) is 0 Å². The number of carbonyl (C=O) groups excluding carboxylic acids is 2. The van der Waals surface area contributed by atoms with Crippen molar-refractivity contribution in [2.45, 2.75) is 18.9 Å². The summed E-state index contributed by atoms with van der Waals surface area (Å²) in [6, 6.07) is 3.67. The van der Waals surface area contributed by atoms with Crippen LogP contribution in [0.3, 0.4) is 0 Å². The SMILES string of the molecule is CNC(=O)CN1CCC(NC(=O)c2ccnc(N(C)C)c2)CC1. The Bertz CT molecular complexity index is 553. The number of rotatable bonds is 5. The van der Waals surface area contributed by atoms with Crippen molar-refractivity contribution >= 4 is 17.6 Å². The van der Waals surface area contributed by atoms with Crippen LogP contribution < -0.4 is 15.5 Å². The Labute approximate surface area is 137 Å². The van der Waals surface area contributed by atoms with Crippen LogP contribution in [0.2, 0.25) is 0 Å². The van der Waals surface area contributed by atoms with E-state index in [-0.39, 0.29) is 17.9 Å². The van der Waals surface area contributed by atoms with Crippen LogP contribution in [0, 0.1) is 0 Å². The second-order valence-electron chi connectivity index (χ2n) is 5.99. The minimum Gasteiger partial charge on any atom is -0.363 e. The molecule has 1 saturated heterocycles. The monoisotopic (exact) mass is 319 g/mol. The third-order valence-electron chi connectivity index (χ3n) is 4.03. The van der Waals surface area contributed by atoms with Gasteiger partial charge in [0.2, 0.25) is 5.91 Å². The second-order valence-corrected chi connectivity index (χ2v) is 5.99. The molecule has 0 bridgehead atoms. The highest BCUT2D eigenvalue weighted by Gasteiger charge is 2.22. The molecule has 0 unspecified atom stereocenters. The van der Waals surface area contributed by atoms with Crippen LogP contribution in [0.15, 0.2) is 18.3 Å². The van der Waals surface area contributed by atoms with E-state index in [0.717, 1.165) is 31.7 Å². The first-order valence-electron chi connectivity index (χ1n) is 7.86. The predicted molar refractivity (Wildman–Crippen MR) is 89.6 cm³/mol. The van der Waals surface area contributed by atoms with Gasteiger partial charge in [0.1, 0.15) is 5.82 Å². The first-order chi connectivity index (χ1) is 11.0. The zero-order valence-corrected chi connectivity index (χ0v) is 14.0. The maximum atomic E-state index is 12.4. The number of carbonyl (C=O) groups is 2. The summed E-state index contributed by atoms with van der Waals surface area (Å²) in [5, 5.41) is 5.71. The van der Waals surface area contributed by atoms with Crippen LogP contribution in [0.1, 0.15) is 23.2 Å². The van der Waals surface area contributed by atoms with Crippen LogP contribution in [0.25, 0.3) is 0 Å². The van der Waals surface area contributed by atoms with Gasteiger partial charge in [-0.2, -0.15) is 0 Å². The van der Waals surface area contributed by atoms with E-state index >= 15 is 0 Å². The van der Waals surface area contributed by atoms with Crippen molar-refractivity contribution in [3.05, 3.63) is 23.9 Å². The van der Waals surface area contributed by atoms with Crippen molar-refractivity contribution < 1.29 is 9.59 Å². The van der Waals surface area contributed by atoms with Gasteiger partial charge < -0.3 is 15.5 Å². The molecular formula is C16H25N5O2. The molecule has 2 heterocycles. The van der Waals surface area contributed by atoms with Crippen molar-refractivity contribution in [1.29, 1.82) is 0 Å². The fourth-order valence-electron chi connectivity index (χ4n) is 2.59. The number of likely N-dealkylation sites (N-methyl/N-ethyl adjacent to an activating group) is 1. The molecule has 1 fully saturated rings. The van der Waals surface area contributed by atoms with Crippen LogP contribution >= 0.6 is 0 Å². The number of hydrogen-bond donors (Lipinski definition) is 2. The van der Waals surface area contributed by atoms with E-state index in [1.54, 1.807) is 25.4 Å². The minimum absolute atomic E-state index is 0.0282. The van der Waals surface area contributed by atoms with Gasteiger partial charge in [-0.3, -0.25) is 14.5 Å². The van der Waals surface area contributed by atoms with Gasteiger partial charge in [-0.15, -0.1) is 0 Å². The lowest BCUT2D eigenvalue weighted by molar-refractivity contribution is -0.122. The van der Waals surface area contributed by atoms with Gasteiger partial charge in [0.25, 0.3) is 5.91 Å². The summed E-state index contributed by atoms with van der Waals surface area (Å²) in [5.74, 6) is 0.721. The third-order valence-corrected chi connectivity index (χ3v) is 4.03. The molecule has 1 aliphatic heterocycles. The summed E-state index contributed by atoms with van der Waals surface area (Å²) in [6.45, 7) is 2.06. The maximum absolute atomic E-state index is 12.4. The third kappa shape index (κ3) is 4.92. The molecule has 2 rings (SSSR count). The largest absolute Gasteiger partial charge is 0.363 e. The fourth-order valence-corrected chi connectivity index (χ4v) is 2.59. The Morgan fingerprint density at radius 2 is 2.04 bits per heavy atom. The summed E-state index contributed by atoms with van der Waals surface area (Å²) >= 11 is 0. The highest BCUT2D eigenvalue weighted by Crippen LogP contribution is 2.13. The Morgan fingerprint density at radius 1 is 1.35 bits per heavy atom. The molecule has 2 amide bonds. The second kappa shape index (κ2) is 7.92. The molecule has 1 aromatic heterocycles. The number of nitrogens with zero attached hydrogens (tertiary/aromatic N) is 3. The molecule has 1 aromatic rings. The average Bonchev–Trinajstić information content (AvgIpc) is 2.56. The summed E-state index contributed by atoms with van der Waals surface area (Å²) in [5.41, 5.74) is 0.622. The van der Waals surface area contributed by atoms with Crippen molar-refractivity contribution in [2.75, 3.05) is 45.7 Å². The van der Waals surface area contributed by atoms with Gasteiger partial charge in [-0.1, -0.05) is 0 Å². The van der Waals surface area contributed by atoms with E-state index in [2.05, 4.69) is 20.5 Å². The molecule has 0 spiro atoms. The van der Waals surface area contributed by atoms with E-state index in [4.69, 9.17) is 0 Å². The summed E-state index contributed by atoms with van der Waals surface area (Å²) in [6.07, 6.45) is 3.36. The highest BCUT2D eigenvalue weighted by molar-refractivity contribution is 5.95. The lowest BCUT2D eigenvalue weighted by atomic mass is 10.0. The van der Waals surface area contributed by atoms with Gasteiger partial charge in [0.15, 0.2) is 0 Å². The van der Waals surface area contributed by atoms with E-state index in [0.29, 0.717) is 12.1 Å². The summed E-state index contributed by atoms with van der Waals surface area (Å²) < 4.78 is 0. The van der Waals surface area contributed by atoms with Gasteiger partial charge in [0.05, 0.1) is 6.54 Å². The highest BCUT2D eigenvalue weighted by atomic mass is 16.2. The number of piperidine rings is 1. The Hall–Kier alpha value is -2.15. The molecule has 0 aromatic carbocycles. The lowest BCUT2D eigenvalue weighted by Gasteiger charge is -2.31. The molecule has 0 aliphatic carbocycles. The van der Waals surface area contributed by atoms with E-state index in [1.165, 1.54) is 0 Å². The minimum atomic E-state index is -0.0692. The Balaban J connectivity index is 1.85. The van der Waals surface area contributed by atoms with E-state index in [9.17, 15) is 9.59 Å². The standard InChI is InChI=1S/C16H25N5O2/c1-17-15(22)11-21-8-5-13(6-9-21)19-16(23)12-4-7-18-14(10-12)20(2)3/h4,7,10,13H,5-6,8-9,11H2,1-3H3,(H,17,22)(H,19,23).